The average Bonchev–Trinajstić information content (AvgIpc) is 2.39. The molecule has 0 aliphatic heterocycles. The molecule has 0 unspecified atom stereocenters. The summed E-state index contributed by atoms with van der Waals surface area (Å²) < 4.78 is 0. The van der Waals surface area contributed by atoms with E-state index in [1.54, 1.807) is 11.8 Å². The molecule has 0 aliphatic carbocycles. The molecule has 0 aliphatic rings. The third-order valence-corrected chi connectivity index (χ3v) is 3.33. The standard InChI is InChI=1S/C13H15N3S/c1-10-7-15-13(16-8-10)17-9-12-4-2-11(6-14)3-5-12/h2-5,7-8H,6,9,14H2,1H3. The Labute approximate surface area is 105 Å². The Morgan fingerprint density at radius 3 is 2.24 bits per heavy atom. The Bertz CT molecular complexity index is 465. The fourth-order valence-electron chi connectivity index (χ4n) is 1.37. The molecule has 17 heavy (non-hydrogen) atoms. The molecule has 4 heteroatoms. The highest BCUT2D eigenvalue weighted by molar-refractivity contribution is 7.98. The van der Waals surface area contributed by atoms with Gasteiger partial charge in [0.1, 0.15) is 0 Å². The van der Waals surface area contributed by atoms with Gasteiger partial charge in [-0.15, -0.1) is 0 Å². The fourth-order valence-corrected chi connectivity index (χ4v) is 2.12. The number of aromatic nitrogens is 2. The molecule has 0 saturated heterocycles. The number of hydrogen-bond donors (Lipinski definition) is 1. The summed E-state index contributed by atoms with van der Waals surface area (Å²) in [6.45, 7) is 2.58. The van der Waals surface area contributed by atoms with Crippen LogP contribution in [0.3, 0.4) is 0 Å². The summed E-state index contributed by atoms with van der Waals surface area (Å²) in [7, 11) is 0. The van der Waals surface area contributed by atoms with Gasteiger partial charge in [-0.05, 0) is 23.6 Å². The van der Waals surface area contributed by atoms with Crippen molar-refractivity contribution in [1.82, 2.24) is 9.97 Å². The second kappa shape index (κ2) is 5.80. The van der Waals surface area contributed by atoms with E-state index in [1.807, 2.05) is 19.3 Å². The summed E-state index contributed by atoms with van der Waals surface area (Å²) >= 11 is 1.64. The molecule has 3 nitrogen and oxygen atoms in total. The van der Waals surface area contributed by atoms with E-state index in [4.69, 9.17) is 5.73 Å². The zero-order valence-electron chi connectivity index (χ0n) is 9.76. The average molecular weight is 245 g/mol. The Morgan fingerprint density at radius 2 is 1.65 bits per heavy atom. The molecule has 1 aromatic carbocycles. The van der Waals surface area contributed by atoms with E-state index >= 15 is 0 Å². The van der Waals surface area contributed by atoms with Gasteiger partial charge in [-0.25, -0.2) is 9.97 Å². The van der Waals surface area contributed by atoms with Crippen LogP contribution in [0.2, 0.25) is 0 Å². The van der Waals surface area contributed by atoms with Crippen LogP contribution in [0.4, 0.5) is 0 Å². The molecule has 0 spiro atoms. The summed E-state index contributed by atoms with van der Waals surface area (Å²) in [6.07, 6.45) is 3.68. The molecular weight excluding hydrogens is 230 g/mol. The maximum Gasteiger partial charge on any atom is 0.187 e. The highest BCUT2D eigenvalue weighted by atomic mass is 32.2. The van der Waals surface area contributed by atoms with Gasteiger partial charge in [0.25, 0.3) is 0 Å². The van der Waals surface area contributed by atoms with E-state index in [2.05, 4.69) is 34.2 Å². The van der Waals surface area contributed by atoms with Crippen LogP contribution in [0.1, 0.15) is 16.7 Å². The van der Waals surface area contributed by atoms with E-state index in [9.17, 15) is 0 Å². The first kappa shape index (κ1) is 12.1. The molecule has 0 fully saturated rings. The zero-order valence-corrected chi connectivity index (χ0v) is 10.6. The van der Waals surface area contributed by atoms with Crippen LogP contribution in [-0.4, -0.2) is 9.97 Å². The normalized spacial score (nSPS) is 10.5. The van der Waals surface area contributed by atoms with Gasteiger partial charge >= 0.3 is 0 Å². The van der Waals surface area contributed by atoms with E-state index in [0.717, 1.165) is 22.0 Å². The van der Waals surface area contributed by atoms with Crippen LogP contribution in [-0.2, 0) is 12.3 Å². The Morgan fingerprint density at radius 1 is 1.06 bits per heavy atom. The minimum atomic E-state index is 0.592. The molecular formula is C13H15N3S. The summed E-state index contributed by atoms with van der Waals surface area (Å²) in [5.41, 5.74) is 9.06. The van der Waals surface area contributed by atoms with Crippen LogP contribution in [0, 0.1) is 6.92 Å². The molecule has 2 aromatic rings. The third kappa shape index (κ3) is 3.54. The predicted molar refractivity (Wildman–Crippen MR) is 70.7 cm³/mol. The number of hydrogen-bond acceptors (Lipinski definition) is 4. The number of benzene rings is 1. The van der Waals surface area contributed by atoms with E-state index in [0.29, 0.717) is 6.54 Å². The lowest BCUT2D eigenvalue weighted by molar-refractivity contribution is 0.949. The van der Waals surface area contributed by atoms with Crippen LogP contribution < -0.4 is 5.73 Å². The molecule has 1 heterocycles. The first-order valence-corrected chi connectivity index (χ1v) is 6.46. The van der Waals surface area contributed by atoms with Gasteiger partial charge in [0, 0.05) is 24.7 Å². The van der Waals surface area contributed by atoms with E-state index in [1.165, 1.54) is 5.56 Å². The first-order valence-electron chi connectivity index (χ1n) is 5.47. The minimum absolute atomic E-state index is 0.592. The topological polar surface area (TPSA) is 51.8 Å². The van der Waals surface area contributed by atoms with Gasteiger partial charge in [0.05, 0.1) is 0 Å². The van der Waals surface area contributed by atoms with Gasteiger partial charge in [0.2, 0.25) is 0 Å². The molecule has 0 atom stereocenters. The summed E-state index contributed by atoms with van der Waals surface area (Å²) in [5.74, 6) is 0.883. The molecule has 0 saturated carbocycles. The lowest BCUT2D eigenvalue weighted by Crippen LogP contribution is -1.95. The van der Waals surface area contributed by atoms with Gasteiger partial charge in [-0.3, -0.25) is 0 Å². The second-order valence-corrected chi connectivity index (χ2v) is 4.79. The zero-order chi connectivity index (χ0) is 12.1. The van der Waals surface area contributed by atoms with Crippen molar-refractivity contribution in [3.8, 4) is 0 Å². The number of rotatable bonds is 4. The Hall–Kier alpha value is -1.39. The third-order valence-electron chi connectivity index (χ3n) is 2.38. The largest absolute Gasteiger partial charge is 0.326 e. The molecule has 0 amide bonds. The van der Waals surface area contributed by atoms with Crippen molar-refractivity contribution < 1.29 is 0 Å². The molecule has 1 aromatic heterocycles. The van der Waals surface area contributed by atoms with E-state index in [-0.39, 0.29) is 0 Å². The SMILES string of the molecule is Cc1cnc(SCc2ccc(CN)cc2)nc1. The molecule has 0 radical (unpaired) electrons. The van der Waals surface area contributed by atoms with Gasteiger partial charge in [0.15, 0.2) is 5.16 Å². The van der Waals surface area contributed by atoms with Gasteiger partial charge in [-0.1, -0.05) is 36.0 Å². The smallest absolute Gasteiger partial charge is 0.187 e. The van der Waals surface area contributed by atoms with Crippen LogP contribution in [0.25, 0.3) is 0 Å². The number of aryl methyl sites for hydroxylation is 1. The quantitative estimate of drug-likeness (QED) is 0.664. The predicted octanol–water partition coefficient (Wildman–Crippen LogP) is 2.54. The van der Waals surface area contributed by atoms with Gasteiger partial charge in [-0.2, -0.15) is 0 Å². The Kier molecular flexibility index (Phi) is 4.12. The van der Waals surface area contributed by atoms with Crippen LogP contribution in [0.5, 0.6) is 0 Å². The molecule has 88 valence electrons. The highest BCUT2D eigenvalue weighted by Gasteiger charge is 1.99. The van der Waals surface area contributed by atoms with Crippen molar-refractivity contribution in [2.24, 2.45) is 5.73 Å². The lowest BCUT2D eigenvalue weighted by Gasteiger charge is -2.02. The highest BCUT2D eigenvalue weighted by Crippen LogP contribution is 2.18. The van der Waals surface area contributed by atoms with Crippen LogP contribution >= 0.6 is 11.8 Å². The maximum absolute atomic E-state index is 5.55. The van der Waals surface area contributed by atoms with Crippen molar-refractivity contribution >= 4 is 11.8 Å². The van der Waals surface area contributed by atoms with Crippen molar-refractivity contribution in [3.63, 3.8) is 0 Å². The molecule has 0 bridgehead atoms. The van der Waals surface area contributed by atoms with Crippen molar-refractivity contribution in [2.75, 3.05) is 0 Å². The lowest BCUT2D eigenvalue weighted by atomic mass is 10.1. The van der Waals surface area contributed by atoms with Crippen molar-refractivity contribution in [3.05, 3.63) is 53.3 Å². The van der Waals surface area contributed by atoms with Gasteiger partial charge < -0.3 is 5.73 Å². The Balaban J connectivity index is 1.95. The fraction of sp³-hybridized carbons (Fsp3) is 0.231. The number of nitrogens with zero attached hydrogens (tertiary/aromatic N) is 2. The number of nitrogens with two attached hydrogens (primary N) is 1. The monoisotopic (exact) mass is 245 g/mol. The van der Waals surface area contributed by atoms with E-state index < -0.39 is 0 Å². The summed E-state index contributed by atoms with van der Waals surface area (Å²) in [6, 6.07) is 8.32. The first-order chi connectivity index (χ1) is 8.28. The number of thioether (sulfide) groups is 1. The minimum Gasteiger partial charge on any atom is -0.326 e. The van der Waals surface area contributed by atoms with Crippen LogP contribution in [0.15, 0.2) is 41.8 Å². The van der Waals surface area contributed by atoms with Crippen molar-refractivity contribution in [1.29, 1.82) is 0 Å². The summed E-state index contributed by atoms with van der Waals surface area (Å²) in [4.78, 5) is 8.52. The molecule has 2 N–H and O–H groups in total. The molecule has 2 rings (SSSR count). The van der Waals surface area contributed by atoms with Crippen molar-refractivity contribution in [2.45, 2.75) is 24.4 Å². The second-order valence-electron chi connectivity index (χ2n) is 3.85. The maximum atomic E-state index is 5.55. The summed E-state index contributed by atoms with van der Waals surface area (Å²) in [5, 5.41) is 0.818.